The van der Waals surface area contributed by atoms with E-state index in [0.717, 1.165) is 0 Å². The number of methoxy groups -OCH3 is 1. The summed E-state index contributed by atoms with van der Waals surface area (Å²) in [5.41, 5.74) is 0.0915. The standard InChI is InChI=1S/C19H18N4O5/c1-3-22(11-17-20-15-7-5-4-6-13(15)18(24)21-17)19(25)14-10-12(23(26)27)8-9-16(14)28-2/h4-10H,3,11H2,1-2H3,(H,20,21,24). The predicted molar refractivity (Wildman–Crippen MR) is 102 cm³/mol. The fourth-order valence-corrected chi connectivity index (χ4v) is 2.86. The molecule has 1 amide bonds. The molecule has 0 aliphatic rings. The molecule has 0 saturated heterocycles. The molecule has 28 heavy (non-hydrogen) atoms. The number of non-ortho nitro benzene ring substituents is 1. The molecule has 1 aromatic heterocycles. The number of hydrogen-bond donors (Lipinski definition) is 1. The maximum absolute atomic E-state index is 13.0. The molecule has 0 atom stereocenters. The summed E-state index contributed by atoms with van der Waals surface area (Å²) in [6.45, 7) is 2.11. The van der Waals surface area contributed by atoms with Gasteiger partial charge in [0.05, 0.1) is 35.0 Å². The van der Waals surface area contributed by atoms with Gasteiger partial charge >= 0.3 is 0 Å². The highest BCUT2D eigenvalue weighted by Gasteiger charge is 2.22. The topological polar surface area (TPSA) is 118 Å². The molecule has 1 heterocycles. The Bertz CT molecular complexity index is 1110. The van der Waals surface area contributed by atoms with Crippen LogP contribution in [-0.2, 0) is 6.54 Å². The zero-order chi connectivity index (χ0) is 20.3. The van der Waals surface area contributed by atoms with E-state index in [1.54, 1.807) is 31.2 Å². The number of nitrogens with zero attached hydrogens (tertiary/aromatic N) is 3. The fourth-order valence-electron chi connectivity index (χ4n) is 2.86. The van der Waals surface area contributed by atoms with Crippen LogP contribution in [0.3, 0.4) is 0 Å². The highest BCUT2D eigenvalue weighted by molar-refractivity contribution is 5.97. The smallest absolute Gasteiger partial charge is 0.270 e. The van der Waals surface area contributed by atoms with Crippen molar-refractivity contribution in [2.24, 2.45) is 0 Å². The zero-order valence-electron chi connectivity index (χ0n) is 15.3. The number of aromatic amines is 1. The first-order valence-electron chi connectivity index (χ1n) is 8.54. The molecular formula is C19H18N4O5. The van der Waals surface area contributed by atoms with Crippen LogP contribution in [-0.4, -0.2) is 39.4 Å². The molecule has 3 aromatic rings. The quantitative estimate of drug-likeness (QED) is 0.517. The Hall–Kier alpha value is -3.75. The number of fused-ring (bicyclic) bond motifs is 1. The van der Waals surface area contributed by atoms with Crippen LogP contribution < -0.4 is 10.3 Å². The van der Waals surface area contributed by atoms with Gasteiger partial charge < -0.3 is 14.6 Å². The van der Waals surface area contributed by atoms with E-state index in [9.17, 15) is 19.7 Å². The zero-order valence-corrected chi connectivity index (χ0v) is 15.3. The Kier molecular flexibility index (Phi) is 5.35. The summed E-state index contributed by atoms with van der Waals surface area (Å²) in [5, 5.41) is 11.5. The van der Waals surface area contributed by atoms with Crippen molar-refractivity contribution < 1.29 is 14.5 Å². The van der Waals surface area contributed by atoms with Crippen LogP contribution >= 0.6 is 0 Å². The summed E-state index contributed by atoms with van der Waals surface area (Å²) in [6, 6.07) is 10.7. The van der Waals surface area contributed by atoms with Crippen LogP contribution in [0, 0.1) is 10.1 Å². The summed E-state index contributed by atoms with van der Waals surface area (Å²) < 4.78 is 5.18. The van der Waals surface area contributed by atoms with Crippen LogP contribution in [0.4, 0.5) is 5.69 Å². The highest BCUT2D eigenvalue weighted by Crippen LogP contribution is 2.25. The molecule has 144 valence electrons. The van der Waals surface area contributed by atoms with Gasteiger partial charge in [0.1, 0.15) is 11.6 Å². The Morgan fingerprint density at radius 3 is 2.71 bits per heavy atom. The third-order valence-electron chi connectivity index (χ3n) is 4.30. The number of nitro benzene ring substituents is 1. The molecule has 0 aliphatic carbocycles. The largest absolute Gasteiger partial charge is 0.496 e. The van der Waals surface area contributed by atoms with Gasteiger partial charge in [0, 0.05) is 18.7 Å². The van der Waals surface area contributed by atoms with Gasteiger partial charge in [0.2, 0.25) is 0 Å². The third-order valence-corrected chi connectivity index (χ3v) is 4.30. The van der Waals surface area contributed by atoms with Crippen LogP contribution in [0.2, 0.25) is 0 Å². The van der Waals surface area contributed by atoms with Gasteiger partial charge in [0.25, 0.3) is 17.2 Å². The minimum absolute atomic E-state index is 0.0429. The highest BCUT2D eigenvalue weighted by atomic mass is 16.6. The van der Waals surface area contributed by atoms with Crippen molar-refractivity contribution in [3.63, 3.8) is 0 Å². The van der Waals surface area contributed by atoms with E-state index in [0.29, 0.717) is 23.3 Å². The molecular weight excluding hydrogens is 364 g/mol. The Morgan fingerprint density at radius 2 is 2.04 bits per heavy atom. The molecule has 0 radical (unpaired) electrons. The second-order valence-electron chi connectivity index (χ2n) is 5.99. The van der Waals surface area contributed by atoms with Crippen molar-refractivity contribution in [1.29, 1.82) is 0 Å². The van der Waals surface area contributed by atoms with Crippen molar-refractivity contribution >= 4 is 22.5 Å². The molecule has 9 nitrogen and oxygen atoms in total. The second kappa shape index (κ2) is 7.87. The summed E-state index contributed by atoms with van der Waals surface area (Å²) >= 11 is 0. The lowest BCUT2D eigenvalue weighted by Gasteiger charge is -2.21. The SMILES string of the molecule is CCN(Cc1nc2ccccc2c(=O)[nH]1)C(=O)c1cc([N+](=O)[O-])ccc1OC. The number of carbonyl (C=O) groups is 1. The number of nitro groups is 1. The van der Waals surface area contributed by atoms with Crippen molar-refractivity contribution in [3.8, 4) is 5.75 Å². The molecule has 0 unspecified atom stereocenters. The average Bonchev–Trinajstić information content (AvgIpc) is 2.71. The molecule has 0 saturated carbocycles. The first kappa shape index (κ1) is 19.0. The summed E-state index contributed by atoms with van der Waals surface area (Å²) in [5.74, 6) is 0.0937. The van der Waals surface area contributed by atoms with Gasteiger partial charge in [-0.15, -0.1) is 0 Å². The number of hydrogen-bond acceptors (Lipinski definition) is 6. The fraction of sp³-hybridized carbons (Fsp3) is 0.211. The molecule has 0 fully saturated rings. The molecule has 0 spiro atoms. The number of ether oxygens (including phenoxy) is 1. The monoisotopic (exact) mass is 382 g/mol. The first-order valence-corrected chi connectivity index (χ1v) is 8.54. The van der Waals surface area contributed by atoms with Crippen molar-refractivity contribution in [3.05, 3.63) is 74.3 Å². The summed E-state index contributed by atoms with van der Waals surface area (Å²) in [7, 11) is 1.39. The Labute approximate surface area is 159 Å². The first-order chi connectivity index (χ1) is 13.4. The van der Waals surface area contributed by atoms with Crippen molar-refractivity contribution in [1.82, 2.24) is 14.9 Å². The summed E-state index contributed by atoms with van der Waals surface area (Å²) in [4.78, 5) is 44.2. The number of rotatable bonds is 6. The molecule has 0 bridgehead atoms. The lowest BCUT2D eigenvalue weighted by atomic mass is 10.1. The van der Waals surface area contributed by atoms with Crippen LogP contribution in [0.5, 0.6) is 5.75 Å². The van der Waals surface area contributed by atoms with Crippen molar-refractivity contribution in [2.75, 3.05) is 13.7 Å². The van der Waals surface area contributed by atoms with Crippen LogP contribution in [0.25, 0.3) is 10.9 Å². The number of H-pyrrole nitrogens is 1. The lowest BCUT2D eigenvalue weighted by molar-refractivity contribution is -0.384. The average molecular weight is 382 g/mol. The van der Waals surface area contributed by atoms with E-state index in [4.69, 9.17) is 4.74 Å². The number of aromatic nitrogens is 2. The van der Waals surface area contributed by atoms with Crippen LogP contribution in [0.15, 0.2) is 47.3 Å². The minimum Gasteiger partial charge on any atom is -0.496 e. The molecule has 1 N–H and O–H groups in total. The van der Waals surface area contributed by atoms with E-state index in [-0.39, 0.29) is 29.1 Å². The third kappa shape index (κ3) is 3.68. The van der Waals surface area contributed by atoms with E-state index in [1.807, 2.05) is 0 Å². The predicted octanol–water partition coefficient (Wildman–Crippen LogP) is 2.50. The molecule has 0 aliphatic heterocycles. The van der Waals surface area contributed by atoms with Gasteiger partial charge in [-0.25, -0.2) is 4.98 Å². The molecule has 3 rings (SSSR count). The Balaban J connectivity index is 1.96. The molecule has 2 aromatic carbocycles. The van der Waals surface area contributed by atoms with E-state index in [1.165, 1.54) is 30.2 Å². The molecule has 9 heteroatoms. The number of benzene rings is 2. The second-order valence-corrected chi connectivity index (χ2v) is 5.99. The normalized spacial score (nSPS) is 10.6. The van der Waals surface area contributed by atoms with Gasteiger partial charge in [-0.2, -0.15) is 0 Å². The van der Waals surface area contributed by atoms with E-state index >= 15 is 0 Å². The Morgan fingerprint density at radius 1 is 1.29 bits per heavy atom. The number of para-hydroxylation sites is 1. The maximum Gasteiger partial charge on any atom is 0.270 e. The number of carbonyl (C=O) groups excluding carboxylic acids is 1. The van der Waals surface area contributed by atoms with E-state index in [2.05, 4.69) is 9.97 Å². The minimum atomic E-state index is -0.575. The van der Waals surface area contributed by atoms with Crippen LogP contribution in [0.1, 0.15) is 23.1 Å². The van der Waals surface area contributed by atoms with Gasteiger partial charge in [-0.1, -0.05) is 12.1 Å². The maximum atomic E-state index is 13.0. The summed E-state index contributed by atoms with van der Waals surface area (Å²) in [6.07, 6.45) is 0. The van der Waals surface area contributed by atoms with Gasteiger partial charge in [0.15, 0.2) is 0 Å². The van der Waals surface area contributed by atoms with E-state index < -0.39 is 10.8 Å². The lowest BCUT2D eigenvalue weighted by Crippen LogP contribution is -2.32. The van der Waals surface area contributed by atoms with Gasteiger partial charge in [-0.3, -0.25) is 19.7 Å². The van der Waals surface area contributed by atoms with Crippen molar-refractivity contribution in [2.45, 2.75) is 13.5 Å². The number of amides is 1. The van der Waals surface area contributed by atoms with Gasteiger partial charge in [-0.05, 0) is 25.1 Å². The number of nitrogens with one attached hydrogen (secondary N) is 1.